The summed E-state index contributed by atoms with van der Waals surface area (Å²) in [5.74, 6) is 0. The van der Waals surface area contributed by atoms with Crippen molar-refractivity contribution in [1.82, 2.24) is 0 Å². The molecule has 2 heterocycles. The molecule has 0 aliphatic heterocycles. The van der Waals surface area contributed by atoms with Crippen molar-refractivity contribution >= 4 is 87.0 Å². The lowest BCUT2D eigenvalue weighted by Crippen LogP contribution is -1.92. The molecule has 13 rings (SSSR count). The minimum atomic E-state index is 0.822. The number of furan rings is 2. The van der Waals surface area contributed by atoms with E-state index in [1.54, 1.807) is 0 Å². The zero-order chi connectivity index (χ0) is 39.3. The summed E-state index contributed by atoms with van der Waals surface area (Å²) >= 11 is 0. The van der Waals surface area contributed by atoms with Gasteiger partial charge in [0.1, 0.15) is 22.3 Å². The zero-order valence-electron chi connectivity index (χ0n) is 32.4. The standard InChI is InChI=1S/C58H34O2/c1-3-18-41-35(12-1)14-10-23-43(41)37-16-9-17-39(32-37)55-46-21-5-6-22-47(46)56(50-33-38(26-28-48(50)55)44-24-11-15-36-13-2-4-19-42(36)44)40-27-30-53-51(34-40)57-54(59-53)31-29-49-45-20-7-8-25-52(45)60-58(49)57/h1-34H. The first-order valence-electron chi connectivity index (χ1n) is 20.6. The number of fused-ring (bicyclic) bond motifs is 11. The first-order chi connectivity index (χ1) is 29.7. The summed E-state index contributed by atoms with van der Waals surface area (Å²) < 4.78 is 13.1. The van der Waals surface area contributed by atoms with Gasteiger partial charge in [0.25, 0.3) is 0 Å². The Hall–Kier alpha value is -7.94. The Morgan fingerprint density at radius 3 is 1.48 bits per heavy atom. The van der Waals surface area contributed by atoms with Gasteiger partial charge in [-0.25, -0.2) is 0 Å². The summed E-state index contributed by atoms with van der Waals surface area (Å²) in [6.07, 6.45) is 0. The van der Waals surface area contributed by atoms with Gasteiger partial charge in [0.15, 0.2) is 0 Å². The molecule has 2 aromatic heterocycles. The Kier molecular flexibility index (Phi) is 7.05. The lowest BCUT2D eigenvalue weighted by Gasteiger charge is -2.19. The highest BCUT2D eigenvalue weighted by Gasteiger charge is 2.21. The fraction of sp³-hybridized carbons (Fsp3) is 0. The molecule has 13 aromatic rings. The molecule has 0 aliphatic rings. The zero-order valence-corrected chi connectivity index (χ0v) is 32.4. The van der Waals surface area contributed by atoms with E-state index >= 15 is 0 Å². The molecule has 0 unspecified atom stereocenters. The fourth-order valence-electron chi connectivity index (χ4n) is 9.96. The third-order valence-electron chi connectivity index (χ3n) is 12.6. The molecule has 2 heteroatoms. The highest BCUT2D eigenvalue weighted by Crippen LogP contribution is 2.48. The Bertz CT molecular complexity index is 3890. The summed E-state index contributed by atoms with van der Waals surface area (Å²) in [7, 11) is 0. The van der Waals surface area contributed by atoms with Crippen LogP contribution in [0.15, 0.2) is 215 Å². The van der Waals surface area contributed by atoms with Gasteiger partial charge < -0.3 is 8.83 Å². The van der Waals surface area contributed by atoms with E-state index in [4.69, 9.17) is 8.83 Å². The molecular formula is C58H34O2. The number of hydrogen-bond donors (Lipinski definition) is 0. The molecule has 0 saturated heterocycles. The van der Waals surface area contributed by atoms with Crippen LogP contribution in [0.1, 0.15) is 0 Å². The summed E-state index contributed by atoms with van der Waals surface area (Å²) in [4.78, 5) is 0. The van der Waals surface area contributed by atoms with Crippen molar-refractivity contribution in [2.45, 2.75) is 0 Å². The van der Waals surface area contributed by atoms with Crippen LogP contribution in [0, 0.1) is 0 Å². The number of rotatable bonds is 4. The SMILES string of the molecule is c1cc(-c2cccc3ccccc23)cc(-c2c3ccccc3c(-c3ccc4oc5ccc6c7ccccc7oc6c5c4c3)c3cc(-c4cccc5ccccc45)ccc23)c1. The first kappa shape index (κ1) is 33.1. The molecule has 2 nitrogen and oxygen atoms in total. The predicted octanol–water partition coefficient (Wildman–Crippen LogP) is 16.8. The average Bonchev–Trinajstić information content (AvgIpc) is 3.88. The van der Waals surface area contributed by atoms with Gasteiger partial charge in [0.2, 0.25) is 0 Å². The third kappa shape index (κ3) is 4.88. The van der Waals surface area contributed by atoms with Crippen LogP contribution < -0.4 is 0 Å². The van der Waals surface area contributed by atoms with E-state index in [1.165, 1.54) is 82.0 Å². The Labute approximate surface area is 345 Å². The van der Waals surface area contributed by atoms with Crippen LogP contribution >= 0.6 is 0 Å². The van der Waals surface area contributed by atoms with Gasteiger partial charge in [-0.15, -0.1) is 0 Å². The van der Waals surface area contributed by atoms with Crippen molar-refractivity contribution in [2.24, 2.45) is 0 Å². The molecule has 60 heavy (non-hydrogen) atoms. The van der Waals surface area contributed by atoms with Gasteiger partial charge in [0, 0.05) is 16.2 Å². The lowest BCUT2D eigenvalue weighted by atomic mass is 9.83. The first-order valence-corrected chi connectivity index (χ1v) is 20.6. The van der Waals surface area contributed by atoms with E-state index in [0.717, 1.165) is 49.4 Å². The van der Waals surface area contributed by atoms with E-state index in [-0.39, 0.29) is 0 Å². The van der Waals surface area contributed by atoms with Crippen LogP contribution in [0.3, 0.4) is 0 Å². The van der Waals surface area contributed by atoms with Gasteiger partial charge in [-0.2, -0.15) is 0 Å². The second-order valence-electron chi connectivity index (χ2n) is 15.9. The summed E-state index contributed by atoms with van der Waals surface area (Å²) in [5, 5.41) is 14.0. The summed E-state index contributed by atoms with van der Waals surface area (Å²) in [6, 6.07) is 74.8. The molecule has 278 valence electrons. The molecule has 0 N–H and O–H groups in total. The minimum absolute atomic E-state index is 0.822. The van der Waals surface area contributed by atoms with Crippen molar-refractivity contribution < 1.29 is 8.83 Å². The maximum absolute atomic E-state index is 6.59. The van der Waals surface area contributed by atoms with Crippen molar-refractivity contribution in [2.75, 3.05) is 0 Å². The van der Waals surface area contributed by atoms with E-state index < -0.39 is 0 Å². The molecule has 0 saturated carbocycles. The molecule has 0 aliphatic carbocycles. The molecule has 0 atom stereocenters. The van der Waals surface area contributed by atoms with Crippen molar-refractivity contribution in [1.29, 1.82) is 0 Å². The number of hydrogen-bond acceptors (Lipinski definition) is 2. The molecule has 0 amide bonds. The van der Waals surface area contributed by atoms with Gasteiger partial charge in [-0.05, 0) is 130 Å². The van der Waals surface area contributed by atoms with Crippen LogP contribution in [0.25, 0.3) is 131 Å². The third-order valence-corrected chi connectivity index (χ3v) is 12.6. The predicted molar refractivity (Wildman–Crippen MR) is 253 cm³/mol. The van der Waals surface area contributed by atoms with Crippen molar-refractivity contribution in [3.8, 4) is 44.5 Å². The second-order valence-corrected chi connectivity index (χ2v) is 15.9. The maximum Gasteiger partial charge on any atom is 0.147 e. The van der Waals surface area contributed by atoms with Crippen molar-refractivity contribution in [3.05, 3.63) is 206 Å². The highest BCUT2D eigenvalue weighted by molar-refractivity contribution is 6.25. The Morgan fingerprint density at radius 2 is 0.733 bits per heavy atom. The van der Waals surface area contributed by atoms with Crippen LogP contribution in [0.2, 0.25) is 0 Å². The number of para-hydroxylation sites is 1. The van der Waals surface area contributed by atoms with Gasteiger partial charge >= 0.3 is 0 Å². The van der Waals surface area contributed by atoms with Crippen LogP contribution in [0.4, 0.5) is 0 Å². The number of benzene rings is 11. The quantitative estimate of drug-likeness (QED) is 0.167. The van der Waals surface area contributed by atoms with E-state index in [9.17, 15) is 0 Å². The Morgan fingerprint density at radius 1 is 0.250 bits per heavy atom. The van der Waals surface area contributed by atoms with E-state index in [2.05, 4.69) is 194 Å². The van der Waals surface area contributed by atoms with Crippen molar-refractivity contribution in [3.63, 3.8) is 0 Å². The lowest BCUT2D eigenvalue weighted by molar-refractivity contribution is 0.663. The van der Waals surface area contributed by atoms with E-state index in [0.29, 0.717) is 0 Å². The maximum atomic E-state index is 6.59. The Balaban J connectivity index is 1.12. The monoisotopic (exact) mass is 762 g/mol. The topological polar surface area (TPSA) is 26.3 Å². The van der Waals surface area contributed by atoms with Gasteiger partial charge in [-0.3, -0.25) is 0 Å². The van der Waals surface area contributed by atoms with Gasteiger partial charge in [0.05, 0.1) is 5.39 Å². The van der Waals surface area contributed by atoms with Crippen LogP contribution in [-0.2, 0) is 0 Å². The van der Waals surface area contributed by atoms with Crippen LogP contribution in [0.5, 0.6) is 0 Å². The summed E-state index contributed by atoms with van der Waals surface area (Å²) in [5.41, 5.74) is 13.0. The normalized spacial score (nSPS) is 12.0. The summed E-state index contributed by atoms with van der Waals surface area (Å²) in [6.45, 7) is 0. The highest BCUT2D eigenvalue weighted by atomic mass is 16.3. The van der Waals surface area contributed by atoms with Gasteiger partial charge in [-0.1, -0.05) is 164 Å². The average molecular weight is 763 g/mol. The molecule has 0 radical (unpaired) electrons. The molecule has 11 aromatic carbocycles. The molecule has 0 fully saturated rings. The smallest absolute Gasteiger partial charge is 0.147 e. The minimum Gasteiger partial charge on any atom is -0.456 e. The molecule has 0 spiro atoms. The van der Waals surface area contributed by atoms with E-state index in [1.807, 2.05) is 12.1 Å². The molecule has 0 bridgehead atoms. The largest absolute Gasteiger partial charge is 0.456 e. The molecular weight excluding hydrogens is 729 g/mol. The fourth-order valence-corrected chi connectivity index (χ4v) is 9.96. The second kappa shape index (κ2) is 12.8. The van der Waals surface area contributed by atoms with Crippen LogP contribution in [-0.4, -0.2) is 0 Å².